The van der Waals surface area contributed by atoms with Crippen LogP contribution in [0, 0.1) is 6.92 Å². The zero-order valence-corrected chi connectivity index (χ0v) is 14.7. The van der Waals surface area contributed by atoms with Crippen molar-refractivity contribution in [1.29, 1.82) is 0 Å². The molecule has 2 aromatic rings. The number of pyridine rings is 1. The van der Waals surface area contributed by atoms with Gasteiger partial charge in [-0.25, -0.2) is 0 Å². The highest BCUT2D eigenvalue weighted by molar-refractivity contribution is 5.84. The van der Waals surface area contributed by atoms with E-state index in [2.05, 4.69) is 61.5 Å². The van der Waals surface area contributed by atoms with Crippen molar-refractivity contribution in [3.8, 4) is 0 Å². The molecular weight excluding hydrogens is 286 g/mol. The third-order valence-electron chi connectivity index (χ3n) is 4.03. The van der Waals surface area contributed by atoms with Gasteiger partial charge in [-0.3, -0.25) is 9.78 Å². The van der Waals surface area contributed by atoms with Gasteiger partial charge in [0.25, 0.3) is 0 Å². The topological polar surface area (TPSA) is 54.0 Å². The number of aryl methyl sites for hydroxylation is 1. The normalized spacial score (nSPS) is 13.1. The fourth-order valence-electron chi connectivity index (χ4n) is 3.18. The summed E-state index contributed by atoms with van der Waals surface area (Å²) in [5.41, 5.74) is 3.31. The number of hydrogen-bond acceptors (Lipinski definition) is 3. The molecule has 0 aliphatic heterocycles. The Kier molecular flexibility index (Phi) is 5.37. The summed E-state index contributed by atoms with van der Waals surface area (Å²) in [5, 5.41) is 7.76. The van der Waals surface area contributed by atoms with E-state index in [4.69, 9.17) is 0 Å². The van der Waals surface area contributed by atoms with Gasteiger partial charge < -0.3 is 10.6 Å². The lowest BCUT2D eigenvalue weighted by atomic mass is 9.95. The third-order valence-corrected chi connectivity index (χ3v) is 4.03. The van der Waals surface area contributed by atoms with Crippen molar-refractivity contribution in [1.82, 2.24) is 15.6 Å². The van der Waals surface area contributed by atoms with E-state index < -0.39 is 0 Å². The predicted octanol–water partition coefficient (Wildman–Crippen LogP) is 3.33. The fourth-order valence-corrected chi connectivity index (χ4v) is 3.18. The lowest BCUT2D eigenvalue weighted by Gasteiger charge is -2.29. The van der Waals surface area contributed by atoms with Crippen LogP contribution in [0.4, 0.5) is 0 Å². The number of nitrogens with one attached hydrogen (secondary N) is 2. The van der Waals surface area contributed by atoms with Crippen molar-refractivity contribution in [2.75, 3.05) is 0 Å². The van der Waals surface area contributed by atoms with Gasteiger partial charge in [0, 0.05) is 36.6 Å². The summed E-state index contributed by atoms with van der Waals surface area (Å²) in [7, 11) is 0. The number of fused-ring (bicyclic) bond motifs is 1. The van der Waals surface area contributed by atoms with Crippen LogP contribution in [0.25, 0.3) is 10.9 Å². The number of benzene rings is 1. The highest BCUT2D eigenvalue weighted by Crippen LogP contribution is 2.20. The third kappa shape index (κ3) is 4.76. The fraction of sp³-hybridized carbons (Fsp3) is 0.474. The Labute approximate surface area is 138 Å². The molecule has 1 amide bonds. The first-order chi connectivity index (χ1) is 10.8. The molecule has 1 heterocycles. The number of amides is 1. The monoisotopic (exact) mass is 313 g/mol. The summed E-state index contributed by atoms with van der Waals surface area (Å²) in [6.45, 7) is 10.7. The number of nitrogens with zero attached hydrogens (tertiary/aromatic N) is 1. The molecule has 0 bridgehead atoms. The van der Waals surface area contributed by atoms with Crippen LogP contribution in [0.15, 0.2) is 30.5 Å². The number of carbonyl (C=O) groups is 1. The molecule has 0 spiro atoms. The summed E-state index contributed by atoms with van der Waals surface area (Å²) in [6, 6.07) is 8.69. The van der Waals surface area contributed by atoms with E-state index in [1.807, 2.05) is 12.3 Å². The van der Waals surface area contributed by atoms with Crippen LogP contribution in [0.1, 0.15) is 45.2 Å². The maximum Gasteiger partial charge on any atom is 0.217 e. The largest absolute Gasteiger partial charge is 0.351 e. The number of rotatable bonds is 6. The summed E-state index contributed by atoms with van der Waals surface area (Å²) in [4.78, 5) is 15.7. The zero-order valence-electron chi connectivity index (χ0n) is 14.7. The molecule has 0 unspecified atom stereocenters. The van der Waals surface area contributed by atoms with Gasteiger partial charge in [0.1, 0.15) is 0 Å². The lowest BCUT2D eigenvalue weighted by molar-refractivity contribution is -0.120. The SMILES string of the molecule is CC(=O)NC(C)(C)C[C@H](C)NCc1ccc(C)c2ncccc12. The first kappa shape index (κ1) is 17.4. The van der Waals surface area contributed by atoms with Gasteiger partial charge in [0.05, 0.1) is 5.52 Å². The quantitative estimate of drug-likeness (QED) is 0.860. The van der Waals surface area contributed by atoms with Crippen molar-refractivity contribution in [2.45, 2.75) is 59.2 Å². The van der Waals surface area contributed by atoms with E-state index in [0.29, 0.717) is 6.04 Å². The highest BCUT2D eigenvalue weighted by atomic mass is 16.1. The molecule has 23 heavy (non-hydrogen) atoms. The highest BCUT2D eigenvalue weighted by Gasteiger charge is 2.21. The Hall–Kier alpha value is -1.94. The minimum absolute atomic E-state index is 0.0119. The molecule has 1 atom stereocenters. The molecule has 0 fully saturated rings. The molecule has 2 N–H and O–H groups in total. The van der Waals surface area contributed by atoms with E-state index in [1.165, 1.54) is 16.5 Å². The van der Waals surface area contributed by atoms with E-state index >= 15 is 0 Å². The van der Waals surface area contributed by atoms with E-state index in [1.54, 1.807) is 6.92 Å². The summed E-state index contributed by atoms with van der Waals surface area (Å²) in [5.74, 6) is 0.0119. The standard InChI is InChI=1S/C19H27N3O/c1-13-8-9-16(17-7-6-10-20-18(13)17)12-21-14(2)11-19(4,5)22-15(3)23/h6-10,14,21H,11-12H2,1-5H3,(H,22,23)/t14-/m0/s1. The smallest absolute Gasteiger partial charge is 0.217 e. The van der Waals surface area contributed by atoms with Crippen LogP contribution in [0.5, 0.6) is 0 Å². The molecule has 1 aromatic heterocycles. The van der Waals surface area contributed by atoms with Crippen molar-refractivity contribution in [3.05, 3.63) is 41.6 Å². The molecule has 4 nitrogen and oxygen atoms in total. The summed E-state index contributed by atoms with van der Waals surface area (Å²) in [6.07, 6.45) is 2.71. The Morgan fingerprint density at radius 2 is 2.04 bits per heavy atom. The minimum Gasteiger partial charge on any atom is -0.351 e. The summed E-state index contributed by atoms with van der Waals surface area (Å²) < 4.78 is 0. The van der Waals surface area contributed by atoms with E-state index in [-0.39, 0.29) is 11.4 Å². The van der Waals surface area contributed by atoms with Gasteiger partial charge in [-0.2, -0.15) is 0 Å². The molecule has 0 saturated carbocycles. The molecule has 1 aromatic carbocycles. The number of carbonyl (C=O) groups excluding carboxylic acids is 1. The van der Waals surface area contributed by atoms with Gasteiger partial charge >= 0.3 is 0 Å². The average Bonchev–Trinajstić information content (AvgIpc) is 2.45. The van der Waals surface area contributed by atoms with Gasteiger partial charge in [0.2, 0.25) is 5.91 Å². The Morgan fingerprint density at radius 1 is 1.30 bits per heavy atom. The Morgan fingerprint density at radius 3 is 2.74 bits per heavy atom. The zero-order chi connectivity index (χ0) is 17.0. The molecule has 0 aliphatic carbocycles. The van der Waals surface area contributed by atoms with Crippen molar-refractivity contribution in [2.24, 2.45) is 0 Å². The van der Waals surface area contributed by atoms with Crippen LogP contribution in [0.2, 0.25) is 0 Å². The summed E-state index contributed by atoms with van der Waals surface area (Å²) >= 11 is 0. The average molecular weight is 313 g/mol. The van der Waals surface area contributed by atoms with E-state index in [0.717, 1.165) is 18.5 Å². The van der Waals surface area contributed by atoms with Crippen LogP contribution < -0.4 is 10.6 Å². The second kappa shape index (κ2) is 7.09. The Balaban J connectivity index is 2.04. The van der Waals surface area contributed by atoms with Gasteiger partial charge in [-0.1, -0.05) is 18.2 Å². The number of aromatic nitrogens is 1. The molecular formula is C19H27N3O. The molecule has 2 rings (SSSR count). The number of hydrogen-bond donors (Lipinski definition) is 2. The van der Waals surface area contributed by atoms with Crippen molar-refractivity contribution in [3.63, 3.8) is 0 Å². The van der Waals surface area contributed by atoms with Gasteiger partial charge in [-0.05, 0) is 51.3 Å². The molecule has 124 valence electrons. The molecule has 0 aliphatic rings. The Bertz CT molecular complexity index is 694. The molecule has 0 radical (unpaired) electrons. The second-order valence-corrected chi connectivity index (χ2v) is 6.99. The molecule has 0 saturated heterocycles. The van der Waals surface area contributed by atoms with Gasteiger partial charge in [-0.15, -0.1) is 0 Å². The maximum atomic E-state index is 11.3. The minimum atomic E-state index is -0.213. The van der Waals surface area contributed by atoms with Crippen molar-refractivity contribution >= 4 is 16.8 Å². The van der Waals surface area contributed by atoms with Crippen LogP contribution in [-0.2, 0) is 11.3 Å². The molecule has 4 heteroatoms. The second-order valence-electron chi connectivity index (χ2n) is 6.99. The van der Waals surface area contributed by atoms with Crippen LogP contribution in [0.3, 0.4) is 0 Å². The van der Waals surface area contributed by atoms with Crippen LogP contribution >= 0.6 is 0 Å². The van der Waals surface area contributed by atoms with Crippen LogP contribution in [-0.4, -0.2) is 22.5 Å². The first-order valence-corrected chi connectivity index (χ1v) is 8.14. The predicted molar refractivity (Wildman–Crippen MR) is 95.3 cm³/mol. The van der Waals surface area contributed by atoms with Gasteiger partial charge in [0.15, 0.2) is 0 Å². The lowest BCUT2D eigenvalue weighted by Crippen LogP contribution is -2.46. The van der Waals surface area contributed by atoms with E-state index in [9.17, 15) is 4.79 Å². The maximum absolute atomic E-state index is 11.3. The first-order valence-electron chi connectivity index (χ1n) is 8.14. The van der Waals surface area contributed by atoms with Crippen molar-refractivity contribution < 1.29 is 4.79 Å².